The standard InChI is InChI=1S/C11H24ClO3P/c1-2-3-4-5-6-7-8-9-10-11(12)16(13,14)15/h11H,2-10H2,1H3,(H2,13,14,15). The second kappa shape index (κ2) is 9.47. The molecule has 1 atom stereocenters. The third kappa shape index (κ3) is 9.65. The van der Waals surface area contributed by atoms with Gasteiger partial charge in [-0.25, -0.2) is 0 Å². The summed E-state index contributed by atoms with van der Waals surface area (Å²) >= 11 is 5.58. The van der Waals surface area contributed by atoms with Gasteiger partial charge in [0.05, 0.1) is 0 Å². The van der Waals surface area contributed by atoms with Crippen molar-refractivity contribution < 1.29 is 14.4 Å². The minimum atomic E-state index is -4.06. The van der Waals surface area contributed by atoms with Crippen molar-refractivity contribution in [2.45, 2.75) is 69.8 Å². The summed E-state index contributed by atoms with van der Waals surface area (Å²) < 4.78 is 10.7. The molecule has 5 heteroatoms. The Labute approximate surface area is 104 Å². The van der Waals surface area contributed by atoms with Gasteiger partial charge in [-0.05, 0) is 6.42 Å². The lowest BCUT2D eigenvalue weighted by Gasteiger charge is -2.10. The van der Waals surface area contributed by atoms with E-state index in [-0.39, 0.29) is 0 Å². The zero-order chi connectivity index (χ0) is 12.4. The SMILES string of the molecule is CCCCCCCCCCC(Cl)P(=O)(O)O. The molecule has 0 spiro atoms. The smallest absolute Gasteiger partial charge is 0.323 e. The lowest BCUT2D eigenvalue weighted by Crippen LogP contribution is -1.99. The molecule has 0 radical (unpaired) electrons. The highest BCUT2D eigenvalue weighted by atomic mass is 35.5. The molecule has 0 aliphatic rings. The third-order valence-electron chi connectivity index (χ3n) is 2.66. The molecule has 0 aliphatic heterocycles. The second-order valence-corrected chi connectivity index (χ2v) is 6.92. The van der Waals surface area contributed by atoms with Crippen molar-refractivity contribution in [3.05, 3.63) is 0 Å². The summed E-state index contributed by atoms with van der Waals surface area (Å²) in [5.74, 6) is 0. The van der Waals surface area contributed by atoms with Crippen molar-refractivity contribution in [1.29, 1.82) is 0 Å². The van der Waals surface area contributed by atoms with E-state index in [0.29, 0.717) is 6.42 Å². The van der Waals surface area contributed by atoms with Crippen molar-refractivity contribution in [2.24, 2.45) is 0 Å². The number of alkyl halides is 1. The largest absolute Gasteiger partial charge is 0.343 e. The van der Waals surface area contributed by atoms with E-state index < -0.39 is 12.7 Å². The monoisotopic (exact) mass is 270 g/mol. The van der Waals surface area contributed by atoms with Gasteiger partial charge in [-0.2, -0.15) is 0 Å². The molecule has 1 unspecified atom stereocenters. The average Bonchev–Trinajstić information content (AvgIpc) is 2.20. The maximum atomic E-state index is 10.7. The number of hydrogen-bond donors (Lipinski definition) is 2. The molecule has 0 amide bonds. The number of rotatable bonds is 10. The first-order valence-electron chi connectivity index (χ1n) is 6.17. The summed E-state index contributed by atoms with van der Waals surface area (Å²) in [4.78, 5) is 17.5. The summed E-state index contributed by atoms with van der Waals surface area (Å²) in [6.07, 6.45) is 9.77. The molecule has 0 aromatic heterocycles. The Morgan fingerprint density at radius 1 is 1.00 bits per heavy atom. The van der Waals surface area contributed by atoms with Crippen molar-refractivity contribution in [1.82, 2.24) is 0 Å². The Morgan fingerprint density at radius 2 is 1.44 bits per heavy atom. The number of halogens is 1. The maximum Gasteiger partial charge on any atom is 0.343 e. The fourth-order valence-electron chi connectivity index (χ4n) is 1.61. The summed E-state index contributed by atoms with van der Waals surface area (Å²) in [5, 5.41) is -0.993. The van der Waals surface area contributed by atoms with Crippen LogP contribution in [0.4, 0.5) is 0 Å². The van der Waals surface area contributed by atoms with Crippen LogP contribution in [0, 0.1) is 0 Å². The Balaban J connectivity index is 3.24. The van der Waals surface area contributed by atoms with Crippen molar-refractivity contribution >= 4 is 19.2 Å². The lowest BCUT2D eigenvalue weighted by molar-refractivity contribution is 0.365. The predicted molar refractivity (Wildman–Crippen MR) is 68.9 cm³/mol. The normalized spacial score (nSPS) is 14.0. The van der Waals surface area contributed by atoms with E-state index in [0.717, 1.165) is 19.3 Å². The van der Waals surface area contributed by atoms with Crippen LogP contribution in [0.3, 0.4) is 0 Å². The van der Waals surface area contributed by atoms with E-state index in [1.54, 1.807) is 0 Å². The summed E-state index contributed by atoms with van der Waals surface area (Å²) in [5.41, 5.74) is 0. The highest BCUT2D eigenvalue weighted by Crippen LogP contribution is 2.45. The molecule has 0 fully saturated rings. The van der Waals surface area contributed by atoms with Gasteiger partial charge in [0.25, 0.3) is 0 Å². The van der Waals surface area contributed by atoms with Crippen LogP contribution in [-0.2, 0) is 4.57 Å². The molecule has 98 valence electrons. The highest BCUT2D eigenvalue weighted by molar-refractivity contribution is 7.54. The van der Waals surface area contributed by atoms with Crippen LogP contribution >= 0.6 is 19.2 Å². The van der Waals surface area contributed by atoms with Gasteiger partial charge in [-0.15, -0.1) is 11.6 Å². The van der Waals surface area contributed by atoms with E-state index in [9.17, 15) is 4.57 Å². The number of unbranched alkanes of at least 4 members (excludes halogenated alkanes) is 7. The van der Waals surface area contributed by atoms with Gasteiger partial charge >= 0.3 is 7.60 Å². The van der Waals surface area contributed by atoms with E-state index in [1.165, 1.54) is 32.1 Å². The van der Waals surface area contributed by atoms with Gasteiger partial charge in [0, 0.05) is 0 Å². The summed E-state index contributed by atoms with van der Waals surface area (Å²) in [7, 11) is -4.06. The molecule has 0 rings (SSSR count). The van der Waals surface area contributed by atoms with Crippen LogP contribution in [0.5, 0.6) is 0 Å². The van der Waals surface area contributed by atoms with E-state index in [1.807, 2.05) is 0 Å². The zero-order valence-electron chi connectivity index (χ0n) is 10.1. The minimum absolute atomic E-state index is 0.417. The molecule has 0 saturated carbocycles. The average molecular weight is 271 g/mol. The third-order valence-corrected chi connectivity index (χ3v) is 4.63. The van der Waals surface area contributed by atoms with Crippen LogP contribution in [0.1, 0.15) is 64.7 Å². The molecule has 2 N–H and O–H groups in total. The van der Waals surface area contributed by atoms with E-state index in [4.69, 9.17) is 21.4 Å². The topological polar surface area (TPSA) is 57.5 Å². The number of hydrogen-bond acceptors (Lipinski definition) is 1. The van der Waals surface area contributed by atoms with Crippen LogP contribution < -0.4 is 0 Å². The Bertz CT molecular complexity index is 205. The molecular weight excluding hydrogens is 247 g/mol. The predicted octanol–water partition coefficient (Wildman–Crippen LogP) is 4.26. The van der Waals surface area contributed by atoms with Gasteiger partial charge < -0.3 is 9.79 Å². The fourth-order valence-corrected chi connectivity index (χ4v) is 2.29. The quantitative estimate of drug-likeness (QED) is 0.354. The second-order valence-electron chi connectivity index (χ2n) is 4.29. The maximum absolute atomic E-state index is 10.7. The van der Waals surface area contributed by atoms with Gasteiger partial charge in [0.15, 0.2) is 0 Å². The van der Waals surface area contributed by atoms with Crippen molar-refractivity contribution in [2.75, 3.05) is 0 Å². The molecular formula is C11H24ClO3P. The van der Waals surface area contributed by atoms with Gasteiger partial charge in [0.1, 0.15) is 5.12 Å². The first kappa shape index (κ1) is 16.4. The molecule has 0 aromatic rings. The molecule has 0 bridgehead atoms. The molecule has 0 aliphatic carbocycles. The first-order valence-corrected chi connectivity index (χ1v) is 8.29. The van der Waals surface area contributed by atoms with E-state index >= 15 is 0 Å². The van der Waals surface area contributed by atoms with Gasteiger partial charge in [-0.3, -0.25) is 4.57 Å². The van der Waals surface area contributed by atoms with Gasteiger partial charge in [-0.1, -0.05) is 58.3 Å². The molecule has 0 saturated heterocycles. The Hall–Kier alpha value is 0.440. The van der Waals surface area contributed by atoms with Crippen molar-refractivity contribution in [3.8, 4) is 0 Å². The highest BCUT2D eigenvalue weighted by Gasteiger charge is 2.25. The molecule has 3 nitrogen and oxygen atoms in total. The van der Waals surface area contributed by atoms with Crippen molar-refractivity contribution in [3.63, 3.8) is 0 Å². The lowest BCUT2D eigenvalue weighted by atomic mass is 10.1. The Morgan fingerprint density at radius 3 is 1.88 bits per heavy atom. The van der Waals surface area contributed by atoms with Crippen LogP contribution in [0.2, 0.25) is 0 Å². The fraction of sp³-hybridized carbons (Fsp3) is 1.00. The summed E-state index contributed by atoms with van der Waals surface area (Å²) in [6, 6.07) is 0. The zero-order valence-corrected chi connectivity index (χ0v) is 11.7. The minimum Gasteiger partial charge on any atom is -0.323 e. The van der Waals surface area contributed by atoms with Crippen LogP contribution in [0.25, 0.3) is 0 Å². The molecule has 16 heavy (non-hydrogen) atoms. The van der Waals surface area contributed by atoms with Crippen LogP contribution in [0.15, 0.2) is 0 Å². The van der Waals surface area contributed by atoms with Gasteiger partial charge in [0.2, 0.25) is 0 Å². The Kier molecular flexibility index (Phi) is 9.73. The molecule has 0 aromatic carbocycles. The summed E-state index contributed by atoms with van der Waals surface area (Å²) in [6.45, 7) is 2.20. The van der Waals surface area contributed by atoms with Crippen LogP contribution in [-0.4, -0.2) is 14.9 Å². The molecule has 0 heterocycles. The first-order chi connectivity index (χ1) is 7.48. The van der Waals surface area contributed by atoms with E-state index in [2.05, 4.69) is 6.92 Å².